The van der Waals surface area contributed by atoms with Crippen LogP contribution in [-0.2, 0) is 9.53 Å². The summed E-state index contributed by atoms with van der Waals surface area (Å²) in [7, 11) is 2.67. The van der Waals surface area contributed by atoms with Crippen LogP contribution in [0.25, 0.3) is 32.9 Å². The number of esters is 1. The van der Waals surface area contributed by atoms with Gasteiger partial charge in [0, 0.05) is 61.2 Å². The summed E-state index contributed by atoms with van der Waals surface area (Å²) in [5, 5.41) is 15.1. The smallest absolute Gasteiger partial charge is 0.319 e. The van der Waals surface area contributed by atoms with Crippen LogP contribution in [0.2, 0.25) is 0 Å². The Morgan fingerprint density at radius 3 is 2.53 bits per heavy atom. The molecule has 2 N–H and O–H groups in total. The molecule has 14 heteroatoms. The van der Waals surface area contributed by atoms with Gasteiger partial charge in [-0.1, -0.05) is 12.0 Å². The van der Waals surface area contributed by atoms with Crippen LogP contribution in [0.1, 0.15) is 31.2 Å². The van der Waals surface area contributed by atoms with E-state index in [2.05, 4.69) is 26.1 Å². The van der Waals surface area contributed by atoms with Crippen molar-refractivity contribution in [3.8, 4) is 41.2 Å². The predicted molar refractivity (Wildman–Crippen MR) is 183 cm³/mol. The van der Waals surface area contributed by atoms with Crippen molar-refractivity contribution in [3.05, 3.63) is 41.5 Å². The lowest BCUT2D eigenvalue weighted by molar-refractivity contribution is -0.146. The number of benzene rings is 2. The van der Waals surface area contributed by atoms with E-state index in [4.69, 9.17) is 25.6 Å². The molecule has 4 atom stereocenters. The van der Waals surface area contributed by atoms with Gasteiger partial charge in [-0.2, -0.15) is 9.97 Å². The minimum Gasteiger partial charge on any atom is -0.508 e. The average Bonchev–Trinajstić information content (AvgIpc) is 3.67. The molecule has 4 aromatic rings. The Bertz CT molecular complexity index is 2090. The van der Waals surface area contributed by atoms with Gasteiger partial charge in [-0.15, -0.1) is 6.42 Å². The molecule has 0 amide bonds. The van der Waals surface area contributed by atoms with Crippen molar-refractivity contribution in [2.75, 3.05) is 58.5 Å². The van der Waals surface area contributed by atoms with E-state index in [0.717, 1.165) is 25.7 Å². The Labute approximate surface area is 292 Å². The lowest BCUT2D eigenvalue weighted by Gasteiger charge is -2.34. The molecule has 4 unspecified atom stereocenters. The Kier molecular flexibility index (Phi) is 8.30. The summed E-state index contributed by atoms with van der Waals surface area (Å²) in [6, 6.07) is 5.74. The van der Waals surface area contributed by atoms with E-state index >= 15 is 4.39 Å². The van der Waals surface area contributed by atoms with Crippen molar-refractivity contribution >= 4 is 33.5 Å². The van der Waals surface area contributed by atoms with Crippen molar-refractivity contribution in [2.45, 2.75) is 43.9 Å². The number of methoxy groups -OCH3 is 2. The number of carbonyl (C=O) groups is 1. The molecule has 3 aliphatic heterocycles. The third kappa shape index (κ3) is 5.92. The molecule has 266 valence electrons. The maximum Gasteiger partial charge on any atom is 0.319 e. The zero-order valence-electron chi connectivity index (χ0n) is 28.2. The molecule has 4 fully saturated rings. The molecule has 4 aliphatic rings. The number of phenols is 1. The van der Waals surface area contributed by atoms with Crippen molar-refractivity contribution in [1.82, 2.24) is 25.2 Å². The number of terminal acetylenes is 1. The molecule has 8 rings (SSSR count). The van der Waals surface area contributed by atoms with Crippen LogP contribution in [0.15, 0.2) is 24.3 Å². The molecule has 11 nitrogen and oxygen atoms in total. The highest BCUT2D eigenvalue weighted by molar-refractivity contribution is 6.04. The SMILES string of the molecule is C#Cc1c(F)ccc2cc(O)cc(-c3nc(OC)c4c(N5CC6CCC(C5)N6)nc(OCC5(CN6CC(F)C(C(=O)OC)C6)CC5)nc4c3F)c12. The maximum absolute atomic E-state index is 17.1. The Morgan fingerprint density at radius 1 is 1.08 bits per heavy atom. The van der Waals surface area contributed by atoms with Gasteiger partial charge < -0.3 is 29.5 Å². The number of phenolic OH excluding ortho intramolecular Hbond substituents is 1. The Morgan fingerprint density at radius 2 is 1.84 bits per heavy atom. The first-order chi connectivity index (χ1) is 24.6. The van der Waals surface area contributed by atoms with E-state index in [1.165, 1.54) is 38.5 Å². The number of nitrogens with one attached hydrogen (secondary N) is 1. The number of aromatic hydroxyl groups is 1. The number of pyridine rings is 1. The second-order valence-corrected chi connectivity index (χ2v) is 14.2. The summed E-state index contributed by atoms with van der Waals surface area (Å²) in [4.78, 5) is 30.0. The summed E-state index contributed by atoms with van der Waals surface area (Å²) in [5.74, 6) is -0.301. The predicted octanol–water partition coefficient (Wildman–Crippen LogP) is 4.36. The number of anilines is 1. The number of ether oxygens (including phenoxy) is 3. The van der Waals surface area contributed by atoms with Crippen LogP contribution >= 0.6 is 0 Å². The average molecular weight is 703 g/mol. The standard InChI is InChI=1S/C37H37F3N6O5/c1-4-23-26(38)8-5-19-11-22(47)12-24(28(19)23)31-30(40)32-29(34(42-31)49-2)33(46-13-20-6-7-21(14-46)41-20)44-36(43-32)51-18-37(9-10-37)17-45-15-25(27(39)16-45)35(48)50-3/h1,5,8,11-12,20-21,25,27,41,47H,6-7,9-10,13-18H2,2-3H3. The summed E-state index contributed by atoms with van der Waals surface area (Å²) in [6.45, 7) is 2.31. The lowest BCUT2D eigenvalue weighted by Crippen LogP contribution is -2.51. The highest BCUT2D eigenvalue weighted by atomic mass is 19.1. The van der Waals surface area contributed by atoms with Crippen molar-refractivity contribution in [3.63, 3.8) is 0 Å². The van der Waals surface area contributed by atoms with Crippen LogP contribution in [0.5, 0.6) is 17.6 Å². The summed E-state index contributed by atoms with van der Waals surface area (Å²) < 4.78 is 63.5. The summed E-state index contributed by atoms with van der Waals surface area (Å²) >= 11 is 0. The second-order valence-electron chi connectivity index (χ2n) is 14.2. The molecule has 3 saturated heterocycles. The first kappa shape index (κ1) is 33.3. The van der Waals surface area contributed by atoms with Crippen molar-refractivity contribution in [1.29, 1.82) is 0 Å². The first-order valence-electron chi connectivity index (χ1n) is 17.1. The number of nitrogens with zero attached hydrogens (tertiary/aromatic N) is 5. The van der Waals surface area contributed by atoms with Crippen molar-refractivity contribution < 1.29 is 37.3 Å². The number of likely N-dealkylation sites (tertiary alicyclic amines) is 1. The van der Waals surface area contributed by atoms with E-state index < -0.39 is 29.7 Å². The van der Waals surface area contributed by atoms with Gasteiger partial charge in [-0.05, 0) is 49.3 Å². The van der Waals surface area contributed by atoms with Gasteiger partial charge in [0.2, 0.25) is 5.88 Å². The summed E-state index contributed by atoms with van der Waals surface area (Å²) in [5.41, 5.74) is -0.712. The van der Waals surface area contributed by atoms with Crippen LogP contribution in [0.3, 0.4) is 0 Å². The Hall–Kier alpha value is -4.87. The topological polar surface area (TPSA) is 122 Å². The molecule has 1 saturated carbocycles. The quantitative estimate of drug-likeness (QED) is 0.191. The second kappa shape index (κ2) is 12.7. The molecule has 51 heavy (non-hydrogen) atoms. The van der Waals surface area contributed by atoms with Crippen LogP contribution in [0.4, 0.5) is 19.0 Å². The van der Waals surface area contributed by atoms with Gasteiger partial charge in [0.1, 0.15) is 46.1 Å². The maximum atomic E-state index is 17.1. The molecule has 2 aromatic carbocycles. The molecule has 0 spiro atoms. The van der Waals surface area contributed by atoms with Crippen LogP contribution in [0, 0.1) is 35.3 Å². The third-order valence-corrected chi connectivity index (χ3v) is 10.7. The monoisotopic (exact) mass is 702 g/mol. The normalized spacial score (nSPS) is 23.8. The number of hydrogen-bond donors (Lipinski definition) is 2. The molecular weight excluding hydrogens is 665 g/mol. The third-order valence-electron chi connectivity index (χ3n) is 10.7. The van der Waals surface area contributed by atoms with E-state index in [1.54, 1.807) is 0 Å². The fourth-order valence-electron chi connectivity index (χ4n) is 8.01. The van der Waals surface area contributed by atoms with Gasteiger partial charge in [0.25, 0.3) is 0 Å². The number of piperazine rings is 1. The van der Waals surface area contributed by atoms with E-state index in [-0.39, 0.29) is 87.9 Å². The fraction of sp³-hybridized carbons (Fsp3) is 0.459. The lowest BCUT2D eigenvalue weighted by atomic mass is 9.95. The largest absolute Gasteiger partial charge is 0.508 e. The van der Waals surface area contributed by atoms with Gasteiger partial charge >= 0.3 is 12.0 Å². The molecule has 2 bridgehead atoms. The van der Waals surface area contributed by atoms with Gasteiger partial charge in [-0.25, -0.2) is 18.2 Å². The minimum absolute atomic E-state index is 0.0395. The number of alkyl halides is 1. The molecule has 1 aliphatic carbocycles. The number of aromatic nitrogens is 3. The Balaban J connectivity index is 1.21. The number of carbonyl (C=O) groups excluding carboxylic acids is 1. The molecule has 0 radical (unpaired) electrons. The number of rotatable bonds is 9. The zero-order chi connectivity index (χ0) is 35.6. The number of hydrogen-bond acceptors (Lipinski definition) is 11. The minimum atomic E-state index is -1.31. The van der Waals surface area contributed by atoms with E-state index in [0.29, 0.717) is 30.8 Å². The van der Waals surface area contributed by atoms with Crippen LogP contribution in [-0.4, -0.2) is 103 Å². The van der Waals surface area contributed by atoms with E-state index in [9.17, 15) is 18.7 Å². The van der Waals surface area contributed by atoms with Gasteiger partial charge in [-0.3, -0.25) is 9.69 Å². The summed E-state index contributed by atoms with van der Waals surface area (Å²) in [6.07, 6.45) is 8.03. The number of fused-ring (bicyclic) bond motifs is 4. The molecular formula is C37H37F3N6O5. The van der Waals surface area contributed by atoms with Crippen molar-refractivity contribution in [2.24, 2.45) is 11.3 Å². The first-order valence-corrected chi connectivity index (χ1v) is 17.1. The molecule has 2 aromatic heterocycles. The van der Waals surface area contributed by atoms with E-state index in [1.807, 2.05) is 4.90 Å². The number of halogens is 3. The fourth-order valence-corrected chi connectivity index (χ4v) is 8.01. The zero-order valence-corrected chi connectivity index (χ0v) is 28.2. The molecule has 5 heterocycles. The highest BCUT2D eigenvalue weighted by Gasteiger charge is 2.48. The van der Waals surface area contributed by atoms with Crippen LogP contribution < -0.4 is 19.7 Å². The highest BCUT2D eigenvalue weighted by Crippen LogP contribution is 2.48. The van der Waals surface area contributed by atoms with Gasteiger partial charge in [0.05, 0.1) is 26.4 Å². The van der Waals surface area contributed by atoms with Gasteiger partial charge in [0.15, 0.2) is 5.82 Å².